The summed E-state index contributed by atoms with van der Waals surface area (Å²) >= 11 is 0. The zero-order valence-electron chi connectivity index (χ0n) is 3.51. The average Bonchev–Trinajstić information content (AvgIpc) is 1.27. The Morgan fingerprint density at radius 3 is 1.38 bits per heavy atom. The minimum atomic E-state index is -5.17. The Morgan fingerprint density at radius 2 is 1.38 bits per heavy atom. The summed E-state index contributed by atoms with van der Waals surface area (Å²) in [5, 5.41) is 0. The third-order valence-electron chi connectivity index (χ3n) is 0. The quantitative estimate of drug-likeness (QED) is 0.233. The molecule has 0 aliphatic heterocycles. The van der Waals surface area contributed by atoms with E-state index in [2.05, 4.69) is 0 Å². The third-order valence-corrected chi connectivity index (χ3v) is 0. The molecule has 52 valence electrons. The highest BCUT2D eigenvalue weighted by Gasteiger charge is 1.89. The standard InChI is InChI=1S/F2H2Si.FHO3S/c1-3-2;1-5(2,3)4/h3H2;(H,2,3,4). The summed E-state index contributed by atoms with van der Waals surface area (Å²) in [6.45, 7) is 0. The molecule has 0 heterocycles. The fourth-order valence-electron chi connectivity index (χ4n) is 0. The van der Waals surface area contributed by atoms with Gasteiger partial charge in [0.2, 0.25) is 0 Å². The number of hydrogen-bond acceptors (Lipinski definition) is 2. The summed E-state index contributed by atoms with van der Waals surface area (Å²) in [5.74, 6) is 0. The van der Waals surface area contributed by atoms with E-state index in [1.54, 1.807) is 0 Å². The van der Waals surface area contributed by atoms with Crippen LogP contribution in [-0.2, 0) is 10.5 Å². The van der Waals surface area contributed by atoms with E-state index in [9.17, 15) is 12.1 Å². The first-order chi connectivity index (χ1) is 3.41. The van der Waals surface area contributed by atoms with E-state index in [-0.39, 0.29) is 0 Å². The Hall–Kier alpha value is -0.0831. The first-order valence-electron chi connectivity index (χ1n) is 1.20. The highest BCUT2D eigenvalue weighted by Crippen LogP contribution is 1.74. The molecular weight excluding hydrogens is 165 g/mol. The Kier molecular flexibility index (Phi) is 6.85. The van der Waals surface area contributed by atoms with Crippen molar-refractivity contribution in [2.75, 3.05) is 0 Å². The van der Waals surface area contributed by atoms with E-state index in [0.29, 0.717) is 0 Å². The van der Waals surface area contributed by atoms with Crippen LogP contribution in [0.4, 0.5) is 12.1 Å². The summed E-state index contributed by atoms with van der Waals surface area (Å²) in [4.78, 5) is 0. The van der Waals surface area contributed by atoms with E-state index in [0.717, 1.165) is 0 Å². The van der Waals surface area contributed by atoms with Crippen LogP contribution >= 0.6 is 0 Å². The average molecular weight is 168 g/mol. The van der Waals surface area contributed by atoms with Gasteiger partial charge in [-0.15, -0.1) is 0 Å². The fraction of sp³-hybridized carbons (Fsp3) is 0. The molecule has 8 heteroatoms. The van der Waals surface area contributed by atoms with E-state index in [4.69, 9.17) is 13.0 Å². The molecule has 0 unspecified atom stereocenters. The topological polar surface area (TPSA) is 54.4 Å². The highest BCUT2D eigenvalue weighted by molar-refractivity contribution is 7.80. The Labute approximate surface area is 46.7 Å². The molecule has 0 aromatic rings. The lowest BCUT2D eigenvalue weighted by Gasteiger charge is -1.63. The molecule has 0 aliphatic rings. The van der Waals surface area contributed by atoms with Crippen LogP contribution in [0.25, 0.3) is 0 Å². The molecule has 0 rings (SSSR count). The smallest absolute Gasteiger partial charge is 0.279 e. The van der Waals surface area contributed by atoms with Gasteiger partial charge in [0, 0.05) is 0 Å². The van der Waals surface area contributed by atoms with Crippen molar-refractivity contribution < 1.29 is 25.1 Å². The molecule has 0 aromatic carbocycles. The van der Waals surface area contributed by atoms with Crippen molar-refractivity contribution >= 4 is 20.7 Å². The maximum absolute atomic E-state index is 10.2. The molecule has 8 heavy (non-hydrogen) atoms. The predicted octanol–water partition coefficient (Wildman–Crippen LogP) is -0.317. The lowest BCUT2D eigenvalue weighted by atomic mass is 15.9. The van der Waals surface area contributed by atoms with Gasteiger partial charge in [0.25, 0.3) is 0 Å². The first kappa shape index (κ1) is 10.8. The second-order valence-corrected chi connectivity index (χ2v) is 1.54. The van der Waals surface area contributed by atoms with Gasteiger partial charge >= 0.3 is 20.7 Å². The molecule has 0 spiro atoms. The lowest BCUT2D eigenvalue weighted by molar-refractivity contribution is 0.435. The summed E-state index contributed by atoms with van der Waals surface area (Å²) in [5.41, 5.74) is 0. The summed E-state index contributed by atoms with van der Waals surface area (Å²) < 4.78 is 53.6. The van der Waals surface area contributed by atoms with Gasteiger partial charge in [-0.3, -0.25) is 12.8 Å². The molecule has 0 amide bonds. The van der Waals surface area contributed by atoms with Crippen LogP contribution in [0.1, 0.15) is 0 Å². The molecule has 0 atom stereocenters. The molecule has 1 N–H and O–H groups in total. The van der Waals surface area contributed by atoms with Gasteiger partial charge in [0.15, 0.2) is 0 Å². The van der Waals surface area contributed by atoms with Crippen molar-refractivity contribution in [1.82, 2.24) is 0 Å². The molecule has 0 fully saturated rings. The molecule has 0 saturated carbocycles. The summed E-state index contributed by atoms with van der Waals surface area (Å²) in [6.07, 6.45) is 0. The van der Waals surface area contributed by atoms with Crippen molar-refractivity contribution in [3.8, 4) is 0 Å². The SMILES string of the molecule is F[SiH2]F.O=S(=O)(O)F. The van der Waals surface area contributed by atoms with E-state index < -0.39 is 20.7 Å². The Morgan fingerprint density at radius 1 is 1.38 bits per heavy atom. The summed E-state index contributed by atoms with van der Waals surface area (Å²) in [6, 6.07) is 0. The number of hydrogen-bond donors (Lipinski definition) is 1. The van der Waals surface area contributed by atoms with Crippen LogP contribution in [0.5, 0.6) is 0 Å². The predicted molar refractivity (Wildman–Crippen MR) is 23.4 cm³/mol. The molecule has 0 aliphatic carbocycles. The number of rotatable bonds is 0. The van der Waals surface area contributed by atoms with Gasteiger partial charge in [-0.25, -0.2) is 0 Å². The highest BCUT2D eigenvalue weighted by atomic mass is 32.3. The molecule has 0 saturated heterocycles. The first-order valence-corrected chi connectivity index (χ1v) is 3.61. The van der Waals surface area contributed by atoms with Crippen molar-refractivity contribution in [3.05, 3.63) is 0 Å². The zero-order chi connectivity index (χ0) is 7.21. The second kappa shape index (κ2) is 5.06. The van der Waals surface area contributed by atoms with Crippen LogP contribution in [0.15, 0.2) is 0 Å². The molecule has 0 bridgehead atoms. The van der Waals surface area contributed by atoms with Gasteiger partial charge in [-0.2, -0.15) is 8.42 Å². The molecule has 0 radical (unpaired) electrons. The van der Waals surface area contributed by atoms with Gasteiger partial charge in [-0.05, 0) is 0 Å². The lowest BCUT2D eigenvalue weighted by Crippen LogP contribution is -1.80. The van der Waals surface area contributed by atoms with Gasteiger partial charge < -0.3 is 0 Å². The monoisotopic (exact) mass is 168 g/mol. The van der Waals surface area contributed by atoms with Crippen LogP contribution in [0.3, 0.4) is 0 Å². The maximum Gasteiger partial charge on any atom is 0.435 e. The van der Waals surface area contributed by atoms with Crippen LogP contribution in [0, 0.1) is 0 Å². The minimum Gasteiger partial charge on any atom is -0.279 e. The molecular formula is H3F3O3SSi. The fourth-order valence-corrected chi connectivity index (χ4v) is 0. The maximum atomic E-state index is 10.2. The van der Waals surface area contributed by atoms with E-state index in [1.165, 1.54) is 0 Å². The molecule has 0 aromatic heterocycles. The van der Waals surface area contributed by atoms with E-state index in [1.807, 2.05) is 0 Å². The Balaban J connectivity index is 0. The van der Waals surface area contributed by atoms with Crippen LogP contribution < -0.4 is 0 Å². The van der Waals surface area contributed by atoms with Crippen LogP contribution in [-0.4, -0.2) is 23.2 Å². The zero-order valence-corrected chi connectivity index (χ0v) is 5.74. The second-order valence-electron chi connectivity index (χ2n) is 0.513. The van der Waals surface area contributed by atoms with Gasteiger partial charge in [-0.1, -0.05) is 3.89 Å². The van der Waals surface area contributed by atoms with Crippen LogP contribution in [0.2, 0.25) is 0 Å². The van der Waals surface area contributed by atoms with Crippen molar-refractivity contribution in [2.45, 2.75) is 0 Å². The normalized spacial score (nSPS) is 9.50. The van der Waals surface area contributed by atoms with Crippen molar-refractivity contribution in [1.29, 1.82) is 0 Å². The van der Waals surface area contributed by atoms with Crippen molar-refractivity contribution in [2.24, 2.45) is 0 Å². The minimum absolute atomic E-state index is 2.58. The largest absolute Gasteiger partial charge is 0.435 e. The van der Waals surface area contributed by atoms with Gasteiger partial charge in [0.05, 0.1) is 0 Å². The summed E-state index contributed by atoms with van der Waals surface area (Å²) in [7, 11) is -7.75. The van der Waals surface area contributed by atoms with E-state index >= 15 is 0 Å². The van der Waals surface area contributed by atoms with Gasteiger partial charge in [0.1, 0.15) is 0 Å². The van der Waals surface area contributed by atoms with Crippen molar-refractivity contribution in [3.63, 3.8) is 0 Å². The Bertz CT molecular complexity index is 108. The number of halogens is 3. The third kappa shape index (κ3) is 20700. The molecule has 3 nitrogen and oxygen atoms in total.